The summed E-state index contributed by atoms with van der Waals surface area (Å²) in [4.78, 5) is 13.3. The van der Waals surface area contributed by atoms with Crippen LogP contribution in [0.25, 0.3) is 0 Å². The van der Waals surface area contributed by atoms with E-state index in [0.29, 0.717) is 29.4 Å². The summed E-state index contributed by atoms with van der Waals surface area (Å²) in [5, 5.41) is 3.48. The van der Waals surface area contributed by atoms with Crippen LogP contribution < -0.4 is 10.0 Å². The third kappa shape index (κ3) is 8.78. The van der Waals surface area contributed by atoms with E-state index in [4.69, 9.17) is 11.6 Å². The van der Waals surface area contributed by atoms with Crippen molar-refractivity contribution in [1.82, 2.24) is 4.72 Å². The molecule has 0 aromatic heterocycles. The van der Waals surface area contributed by atoms with Crippen molar-refractivity contribution in [3.05, 3.63) is 53.6 Å². The summed E-state index contributed by atoms with van der Waals surface area (Å²) < 4.78 is 27.2. The zero-order valence-electron chi connectivity index (χ0n) is 16.5. The molecule has 0 heterocycles. The Morgan fingerprint density at radius 2 is 1.69 bits per heavy atom. The van der Waals surface area contributed by atoms with Crippen molar-refractivity contribution in [2.24, 2.45) is 0 Å². The molecule has 8 heteroatoms. The highest BCUT2D eigenvalue weighted by atomic mass is 35.5. The van der Waals surface area contributed by atoms with Gasteiger partial charge in [-0.1, -0.05) is 37.8 Å². The van der Waals surface area contributed by atoms with Gasteiger partial charge >= 0.3 is 0 Å². The number of unbranched alkanes of at least 4 members (excludes halogenated alkanes) is 3. The first kappa shape index (κ1) is 23.7. The van der Waals surface area contributed by atoms with Gasteiger partial charge in [-0.3, -0.25) is 4.79 Å². The quantitative estimate of drug-likeness (QED) is 0.336. The fourth-order valence-corrected chi connectivity index (χ4v) is 4.63. The van der Waals surface area contributed by atoms with Crippen LogP contribution in [0.2, 0.25) is 5.02 Å². The van der Waals surface area contributed by atoms with E-state index in [1.165, 1.54) is 12.1 Å². The number of hydrogen-bond acceptors (Lipinski definition) is 4. The minimum absolute atomic E-state index is 0.115. The van der Waals surface area contributed by atoms with E-state index < -0.39 is 10.0 Å². The maximum Gasteiger partial charge on any atom is 0.240 e. The topological polar surface area (TPSA) is 75.3 Å². The molecule has 2 rings (SSSR count). The highest BCUT2D eigenvalue weighted by molar-refractivity contribution is 7.99. The van der Waals surface area contributed by atoms with Gasteiger partial charge in [0.15, 0.2) is 0 Å². The zero-order chi connectivity index (χ0) is 21.1. The molecule has 2 aromatic rings. The van der Waals surface area contributed by atoms with Crippen LogP contribution in [0, 0.1) is 0 Å². The molecule has 0 unspecified atom stereocenters. The van der Waals surface area contributed by atoms with Gasteiger partial charge in [0.2, 0.25) is 15.9 Å². The van der Waals surface area contributed by atoms with E-state index >= 15 is 0 Å². The van der Waals surface area contributed by atoms with E-state index in [9.17, 15) is 13.2 Å². The van der Waals surface area contributed by atoms with Gasteiger partial charge in [0.25, 0.3) is 0 Å². The molecule has 5 nitrogen and oxygen atoms in total. The van der Waals surface area contributed by atoms with Crippen LogP contribution in [-0.4, -0.2) is 26.6 Å². The Bertz CT molecular complexity index is 870. The van der Waals surface area contributed by atoms with Gasteiger partial charge in [-0.15, -0.1) is 11.8 Å². The number of carbonyl (C=O) groups excluding carboxylic acids is 1. The second-order valence-corrected chi connectivity index (χ2v) is 9.96. The lowest BCUT2D eigenvalue weighted by atomic mass is 10.2. The molecule has 0 saturated heterocycles. The summed E-state index contributed by atoms with van der Waals surface area (Å²) in [6.45, 7) is 2.55. The SMILES string of the molecule is CCCCCCNS(=O)(=O)c1ccc(NC(=O)CCSc2ccc(Cl)cc2)cc1. The minimum Gasteiger partial charge on any atom is -0.326 e. The Hall–Kier alpha value is -1.54. The first-order chi connectivity index (χ1) is 13.9. The maximum atomic E-state index is 12.3. The largest absolute Gasteiger partial charge is 0.326 e. The number of anilines is 1. The van der Waals surface area contributed by atoms with Crippen molar-refractivity contribution in [3.63, 3.8) is 0 Å². The third-order valence-electron chi connectivity index (χ3n) is 4.18. The molecular weight excluding hydrogens is 428 g/mol. The normalized spacial score (nSPS) is 11.4. The third-order valence-corrected chi connectivity index (χ3v) is 6.92. The van der Waals surface area contributed by atoms with Gasteiger partial charge < -0.3 is 5.32 Å². The van der Waals surface area contributed by atoms with E-state index in [2.05, 4.69) is 17.0 Å². The molecule has 0 aliphatic rings. The first-order valence-corrected chi connectivity index (χ1v) is 12.5. The molecule has 0 spiro atoms. The van der Waals surface area contributed by atoms with Gasteiger partial charge in [-0.25, -0.2) is 13.1 Å². The summed E-state index contributed by atoms with van der Waals surface area (Å²) in [5.74, 6) is 0.526. The lowest BCUT2D eigenvalue weighted by Crippen LogP contribution is -2.24. The van der Waals surface area contributed by atoms with Gasteiger partial charge in [0.05, 0.1) is 4.90 Å². The molecule has 158 valence electrons. The standard InChI is InChI=1S/C21H27ClN2O3S2/c1-2-3-4-5-15-23-29(26,27)20-12-8-18(9-13-20)24-21(25)14-16-28-19-10-6-17(22)7-11-19/h6-13,23H,2-5,14-16H2,1H3,(H,24,25). The molecule has 2 N–H and O–H groups in total. The number of rotatable bonds is 12. The van der Waals surface area contributed by atoms with Crippen LogP contribution in [0.4, 0.5) is 5.69 Å². The maximum absolute atomic E-state index is 12.3. The number of sulfonamides is 1. The van der Waals surface area contributed by atoms with E-state index in [-0.39, 0.29) is 10.8 Å². The van der Waals surface area contributed by atoms with E-state index in [0.717, 1.165) is 30.6 Å². The van der Waals surface area contributed by atoms with Gasteiger partial charge in [0, 0.05) is 34.3 Å². The monoisotopic (exact) mass is 454 g/mol. The van der Waals surface area contributed by atoms with Gasteiger partial charge in [-0.2, -0.15) is 0 Å². The second-order valence-electron chi connectivity index (χ2n) is 6.58. The second kappa shape index (κ2) is 12.2. The number of thioether (sulfide) groups is 1. The summed E-state index contributed by atoms with van der Waals surface area (Å²) in [5.41, 5.74) is 0.577. The Morgan fingerprint density at radius 1 is 1.00 bits per heavy atom. The predicted molar refractivity (Wildman–Crippen MR) is 121 cm³/mol. The van der Waals surface area contributed by atoms with Crippen molar-refractivity contribution in [2.75, 3.05) is 17.6 Å². The zero-order valence-corrected chi connectivity index (χ0v) is 18.9. The van der Waals surface area contributed by atoms with Crippen molar-refractivity contribution in [1.29, 1.82) is 0 Å². The summed E-state index contributed by atoms with van der Waals surface area (Å²) in [6.07, 6.45) is 4.41. The number of carbonyl (C=O) groups is 1. The number of halogens is 1. The lowest BCUT2D eigenvalue weighted by molar-refractivity contribution is -0.115. The molecule has 0 atom stereocenters. The highest BCUT2D eigenvalue weighted by Crippen LogP contribution is 2.21. The molecule has 29 heavy (non-hydrogen) atoms. The Labute approximate surface area is 182 Å². The van der Waals surface area contributed by atoms with Crippen LogP contribution >= 0.6 is 23.4 Å². The van der Waals surface area contributed by atoms with Gasteiger partial charge in [-0.05, 0) is 55.0 Å². The summed E-state index contributed by atoms with van der Waals surface area (Å²) in [6, 6.07) is 13.7. The van der Waals surface area contributed by atoms with Crippen molar-refractivity contribution >= 4 is 45.0 Å². The Morgan fingerprint density at radius 3 is 2.34 bits per heavy atom. The molecule has 2 aromatic carbocycles. The number of hydrogen-bond donors (Lipinski definition) is 2. The predicted octanol–water partition coefficient (Wildman–Crippen LogP) is 5.32. The molecule has 0 bridgehead atoms. The molecule has 0 aliphatic carbocycles. The van der Waals surface area contributed by atoms with Crippen molar-refractivity contribution in [3.8, 4) is 0 Å². The van der Waals surface area contributed by atoms with Crippen LogP contribution in [0.5, 0.6) is 0 Å². The number of benzene rings is 2. The summed E-state index contributed by atoms with van der Waals surface area (Å²) in [7, 11) is -3.52. The summed E-state index contributed by atoms with van der Waals surface area (Å²) >= 11 is 7.43. The molecule has 0 fully saturated rings. The average molecular weight is 455 g/mol. The smallest absolute Gasteiger partial charge is 0.240 e. The molecule has 0 saturated carbocycles. The Balaban J connectivity index is 1.77. The molecule has 0 radical (unpaired) electrons. The average Bonchev–Trinajstić information content (AvgIpc) is 2.70. The van der Waals surface area contributed by atoms with Crippen molar-refractivity contribution < 1.29 is 13.2 Å². The molecule has 0 aliphatic heterocycles. The lowest BCUT2D eigenvalue weighted by Gasteiger charge is -2.09. The van der Waals surface area contributed by atoms with Crippen LogP contribution in [-0.2, 0) is 14.8 Å². The fourth-order valence-electron chi connectivity index (χ4n) is 2.57. The van der Waals surface area contributed by atoms with Crippen LogP contribution in [0.3, 0.4) is 0 Å². The minimum atomic E-state index is -3.52. The number of amides is 1. The van der Waals surface area contributed by atoms with Crippen LogP contribution in [0.15, 0.2) is 58.3 Å². The first-order valence-electron chi connectivity index (χ1n) is 9.68. The van der Waals surface area contributed by atoms with Crippen molar-refractivity contribution in [2.45, 2.75) is 48.8 Å². The van der Waals surface area contributed by atoms with E-state index in [1.807, 2.05) is 24.3 Å². The fraction of sp³-hybridized carbons (Fsp3) is 0.381. The molecule has 1 amide bonds. The van der Waals surface area contributed by atoms with E-state index in [1.54, 1.807) is 23.9 Å². The molecular formula is C21H27ClN2O3S2. The Kier molecular flexibility index (Phi) is 10.0. The van der Waals surface area contributed by atoms with Gasteiger partial charge in [0.1, 0.15) is 0 Å². The van der Waals surface area contributed by atoms with Crippen LogP contribution in [0.1, 0.15) is 39.0 Å². The highest BCUT2D eigenvalue weighted by Gasteiger charge is 2.13. The number of nitrogens with one attached hydrogen (secondary N) is 2.